The summed E-state index contributed by atoms with van der Waals surface area (Å²) in [5, 5.41) is 10.0. The highest BCUT2D eigenvalue weighted by atomic mass is 35.5. The SMILES string of the molecule is CC(C)(C)OC(=O)N1CCc2c(sc(N3CC(Cl)CC3=O)c2C#N)C1. The van der Waals surface area contributed by atoms with E-state index in [0.717, 1.165) is 10.4 Å². The first kappa shape index (κ1) is 18.0. The number of hydrogen-bond acceptors (Lipinski definition) is 5. The second kappa shape index (κ2) is 6.50. The second-order valence-electron chi connectivity index (χ2n) is 7.25. The van der Waals surface area contributed by atoms with Gasteiger partial charge in [0, 0.05) is 24.4 Å². The topological polar surface area (TPSA) is 73.6 Å². The predicted molar refractivity (Wildman–Crippen MR) is 96.0 cm³/mol. The zero-order valence-corrected chi connectivity index (χ0v) is 16.0. The standard InChI is InChI=1S/C17H20ClN3O3S/c1-17(2,3)24-16(23)20-5-4-11-12(7-19)15(25-13(11)9-20)21-8-10(18)6-14(21)22/h10H,4-6,8-9H2,1-3H3. The Hall–Kier alpha value is -1.78. The van der Waals surface area contributed by atoms with Crippen LogP contribution in [0.15, 0.2) is 0 Å². The van der Waals surface area contributed by atoms with Gasteiger partial charge >= 0.3 is 6.09 Å². The van der Waals surface area contributed by atoms with E-state index in [9.17, 15) is 14.9 Å². The average Bonchev–Trinajstić information content (AvgIpc) is 3.03. The van der Waals surface area contributed by atoms with Crippen LogP contribution in [0.1, 0.15) is 43.2 Å². The molecule has 0 bridgehead atoms. The summed E-state index contributed by atoms with van der Waals surface area (Å²) in [6, 6.07) is 2.24. The number of carbonyl (C=O) groups is 2. The molecule has 0 spiro atoms. The van der Waals surface area contributed by atoms with Crippen molar-refractivity contribution >= 4 is 39.9 Å². The Balaban J connectivity index is 1.85. The molecule has 2 aliphatic heterocycles. The highest BCUT2D eigenvalue weighted by molar-refractivity contribution is 7.16. The molecule has 2 amide bonds. The fraction of sp³-hybridized carbons (Fsp3) is 0.588. The number of rotatable bonds is 1. The molecule has 6 nitrogen and oxygen atoms in total. The van der Waals surface area contributed by atoms with Crippen molar-refractivity contribution in [2.24, 2.45) is 0 Å². The molecule has 1 aromatic heterocycles. The Kier molecular flexibility index (Phi) is 4.69. The monoisotopic (exact) mass is 381 g/mol. The third-order valence-corrected chi connectivity index (χ3v) is 5.66. The molecular weight excluding hydrogens is 362 g/mol. The van der Waals surface area contributed by atoms with Gasteiger partial charge in [-0.2, -0.15) is 5.26 Å². The van der Waals surface area contributed by atoms with E-state index in [-0.39, 0.29) is 17.4 Å². The normalized spacial score (nSPS) is 20.4. The minimum absolute atomic E-state index is 0.0564. The summed E-state index contributed by atoms with van der Waals surface area (Å²) in [4.78, 5) is 28.6. The average molecular weight is 382 g/mol. The second-order valence-corrected chi connectivity index (χ2v) is 8.95. The number of halogens is 1. The highest BCUT2D eigenvalue weighted by Gasteiger charge is 2.35. The minimum Gasteiger partial charge on any atom is -0.444 e. The molecule has 8 heteroatoms. The Bertz CT molecular complexity index is 762. The van der Waals surface area contributed by atoms with Crippen LogP contribution < -0.4 is 4.90 Å². The van der Waals surface area contributed by atoms with Gasteiger partial charge in [-0.05, 0) is 32.8 Å². The quantitative estimate of drug-likeness (QED) is 0.700. The molecule has 0 aliphatic carbocycles. The van der Waals surface area contributed by atoms with Crippen LogP contribution in [0.4, 0.5) is 9.80 Å². The Morgan fingerprint density at radius 3 is 2.72 bits per heavy atom. The lowest BCUT2D eigenvalue weighted by Crippen LogP contribution is -2.39. The third kappa shape index (κ3) is 3.60. The van der Waals surface area contributed by atoms with Gasteiger partial charge < -0.3 is 14.5 Å². The number of thiophene rings is 1. The van der Waals surface area contributed by atoms with Crippen molar-refractivity contribution in [3.63, 3.8) is 0 Å². The van der Waals surface area contributed by atoms with E-state index in [1.165, 1.54) is 11.3 Å². The summed E-state index contributed by atoms with van der Waals surface area (Å²) in [5.41, 5.74) is 0.934. The fourth-order valence-electron chi connectivity index (χ4n) is 3.04. The maximum absolute atomic E-state index is 12.3. The molecule has 1 fully saturated rings. The van der Waals surface area contributed by atoms with Crippen LogP contribution in [-0.4, -0.2) is 41.0 Å². The van der Waals surface area contributed by atoms with Crippen LogP contribution in [0.2, 0.25) is 0 Å². The van der Waals surface area contributed by atoms with Gasteiger partial charge in [-0.15, -0.1) is 22.9 Å². The molecule has 1 saturated heterocycles. The largest absolute Gasteiger partial charge is 0.444 e. The van der Waals surface area contributed by atoms with Crippen LogP contribution in [0, 0.1) is 11.3 Å². The fourth-order valence-corrected chi connectivity index (χ4v) is 4.65. The molecule has 0 aromatic carbocycles. The number of nitriles is 1. The summed E-state index contributed by atoms with van der Waals surface area (Å²) >= 11 is 7.49. The van der Waals surface area contributed by atoms with Crippen molar-refractivity contribution in [1.29, 1.82) is 5.26 Å². The van der Waals surface area contributed by atoms with Crippen molar-refractivity contribution in [3.8, 4) is 6.07 Å². The number of nitrogens with zero attached hydrogens (tertiary/aromatic N) is 3. The first-order chi connectivity index (χ1) is 11.7. The van der Waals surface area contributed by atoms with Gasteiger partial charge in [-0.1, -0.05) is 0 Å². The van der Waals surface area contributed by atoms with Crippen LogP contribution >= 0.6 is 22.9 Å². The molecule has 25 heavy (non-hydrogen) atoms. The van der Waals surface area contributed by atoms with E-state index in [1.807, 2.05) is 20.8 Å². The molecule has 1 aromatic rings. The van der Waals surface area contributed by atoms with E-state index in [0.29, 0.717) is 43.0 Å². The summed E-state index contributed by atoms with van der Waals surface area (Å²) in [5.74, 6) is -0.0564. The Morgan fingerprint density at radius 1 is 1.44 bits per heavy atom. The molecule has 0 saturated carbocycles. The Labute approximate surface area is 155 Å². The van der Waals surface area contributed by atoms with Gasteiger partial charge in [-0.25, -0.2) is 4.79 Å². The number of fused-ring (bicyclic) bond motifs is 1. The number of alkyl halides is 1. The van der Waals surface area contributed by atoms with E-state index in [2.05, 4.69) is 6.07 Å². The summed E-state index contributed by atoms with van der Waals surface area (Å²) in [6.07, 6.45) is 0.518. The molecule has 1 atom stereocenters. The van der Waals surface area contributed by atoms with Gasteiger partial charge in [0.2, 0.25) is 5.91 Å². The van der Waals surface area contributed by atoms with Crippen molar-refractivity contribution in [1.82, 2.24) is 4.90 Å². The van der Waals surface area contributed by atoms with Crippen molar-refractivity contribution in [3.05, 3.63) is 16.0 Å². The number of anilines is 1. The summed E-state index contributed by atoms with van der Waals surface area (Å²) in [7, 11) is 0. The molecule has 134 valence electrons. The van der Waals surface area contributed by atoms with Crippen LogP contribution in [0.25, 0.3) is 0 Å². The zero-order valence-electron chi connectivity index (χ0n) is 14.5. The summed E-state index contributed by atoms with van der Waals surface area (Å²) < 4.78 is 5.43. The number of hydrogen-bond donors (Lipinski definition) is 0. The molecule has 1 unspecified atom stereocenters. The van der Waals surface area contributed by atoms with Gasteiger partial charge in [0.15, 0.2) is 0 Å². The predicted octanol–water partition coefficient (Wildman–Crippen LogP) is 3.26. The molecule has 0 radical (unpaired) electrons. The smallest absolute Gasteiger partial charge is 0.410 e. The minimum atomic E-state index is -0.548. The first-order valence-corrected chi connectivity index (χ1v) is 9.42. The maximum Gasteiger partial charge on any atom is 0.410 e. The molecule has 3 rings (SSSR count). The number of carbonyl (C=O) groups excluding carboxylic acids is 2. The van der Waals surface area contributed by atoms with Gasteiger partial charge in [-0.3, -0.25) is 4.79 Å². The van der Waals surface area contributed by atoms with Crippen molar-refractivity contribution in [2.75, 3.05) is 18.0 Å². The molecular formula is C17H20ClN3O3S. The zero-order chi connectivity index (χ0) is 18.4. The number of ether oxygens (including phenoxy) is 1. The first-order valence-electron chi connectivity index (χ1n) is 8.16. The van der Waals surface area contributed by atoms with E-state index >= 15 is 0 Å². The van der Waals surface area contributed by atoms with Crippen molar-refractivity contribution in [2.45, 2.75) is 51.1 Å². The van der Waals surface area contributed by atoms with Crippen LogP contribution in [0.3, 0.4) is 0 Å². The van der Waals surface area contributed by atoms with E-state index < -0.39 is 5.60 Å². The number of amides is 2. The lowest BCUT2D eigenvalue weighted by Gasteiger charge is -2.29. The Morgan fingerprint density at radius 2 is 2.16 bits per heavy atom. The lowest BCUT2D eigenvalue weighted by molar-refractivity contribution is -0.117. The highest BCUT2D eigenvalue weighted by Crippen LogP contribution is 2.41. The maximum atomic E-state index is 12.3. The molecule has 0 N–H and O–H groups in total. The van der Waals surface area contributed by atoms with Gasteiger partial charge in [0.05, 0.1) is 17.5 Å². The van der Waals surface area contributed by atoms with Crippen LogP contribution in [0.5, 0.6) is 0 Å². The van der Waals surface area contributed by atoms with Crippen molar-refractivity contribution < 1.29 is 14.3 Å². The van der Waals surface area contributed by atoms with Gasteiger partial charge in [0.1, 0.15) is 16.7 Å². The van der Waals surface area contributed by atoms with E-state index in [4.69, 9.17) is 16.3 Å². The summed E-state index contributed by atoms with van der Waals surface area (Å²) in [6.45, 7) is 6.82. The van der Waals surface area contributed by atoms with Crippen LogP contribution in [-0.2, 0) is 22.5 Å². The van der Waals surface area contributed by atoms with Gasteiger partial charge in [0.25, 0.3) is 0 Å². The molecule has 3 heterocycles. The third-order valence-electron chi connectivity index (χ3n) is 4.12. The molecule has 2 aliphatic rings. The lowest BCUT2D eigenvalue weighted by atomic mass is 10.0. The van der Waals surface area contributed by atoms with E-state index in [1.54, 1.807) is 9.80 Å².